The average molecular weight is 452 g/mol. The third kappa shape index (κ3) is 6.38. The second-order valence-electron chi connectivity index (χ2n) is 8.76. The van der Waals surface area contributed by atoms with E-state index in [1.165, 1.54) is 12.1 Å². The fourth-order valence-electron chi connectivity index (χ4n) is 3.88. The fraction of sp³-hybridized carbons (Fsp3) is 0.400. The van der Waals surface area contributed by atoms with Gasteiger partial charge in [-0.2, -0.15) is 0 Å². The van der Waals surface area contributed by atoms with Crippen LogP contribution < -0.4 is 10.6 Å². The van der Waals surface area contributed by atoms with Crippen molar-refractivity contribution in [3.63, 3.8) is 0 Å². The molecule has 0 bridgehead atoms. The van der Waals surface area contributed by atoms with Crippen LogP contribution in [0.4, 0.5) is 10.1 Å². The van der Waals surface area contributed by atoms with Gasteiger partial charge in [-0.15, -0.1) is 0 Å². The van der Waals surface area contributed by atoms with Crippen LogP contribution in [0.3, 0.4) is 0 Å². The van der Waals surface area contributed by atoms with Gasteiger partial charge in [0.2, 0.25) is 11.8 Å². The molecule has 2 amide bonds. The van der Waals surface area contributed by atoms with E-state index in [2.05, 4.69) is 25.5 Å². The minimum absolute atomic E-state index is 0.0576. The molecule has 0 radical (unpaired) electrons. The molecule has 1 fully saturated rings. The van der Waals surface area contributed by atoms with Crippen LogP contribution in [0.1, 0.15) is 36.2 Å². The van der Waals surface area contributed by atoms with Crippen molar-refractivity contribution in [3.05, 3.63) is 59.2 Å². The van der Waals surface area contributed by atoms with Crippen LogP contribution in [0.2, 0.25) is 0 Å². The Balaban J connectivity index is 1.21. The highest BCUT2D eigenvalue weighted by atomic mass is 19.1. The SMILES string of the molecule is Cc1ccc(C)c(NC(=O)CN(CCC(=O)NCCc2nc3ccc(F)cc3[nH]2)C2CC2)c1. The smallest absolute Gasteiger partial charge is 0.238 e. The summed E-state index contributed by atoms with van der Waals surface area (Å²) in [6.07, 6.45) is 2.99. The summed E-state index contributed by atoms with van der Waals surface area (Å²) in [6, 6.07) is 10.8. The quantitative estimate of drug-likeness (QED) is 0.440. The van der Waals surface area contributed by atoms with E-state index in [-0.39, 0.29) is 24.2 Å². The molecule has 1 saturated carbocycles. The van der Waals surface area contributed by atoms with E-state index in [4.69, 9.17) is 0 Å². The summed E-state index contributed by atoms with van der Waals surface area (Å²) in [4.78, 5) is 34.5. The largest absolute Gasteiger partial charge is 0.356 e. The minimum atomic E-state index is -0.311. The van der Waals surface area contributed by atoms with Crippen LogP contribution in [0, 0.1) is 19.7 Å². The first-order valence-electron chi connectivity index (χ1n) is 11.4. The van der Waals surface area contributed by atoms with Crippen LogP contribution in [0.15, 0.2) is 36.4 Å². The maximum atomic E-state index is 13.3. The van der Waals surface area contributed by atoms with Crippen LogP contribution in [-0.2, 0) is 16.0 Å². The molecule has 174 valence electrons. The molecule has 2 aromatic carbocycles. The molecule has 0 spiro atoms. The highest BCUT2D eigenvalue weighted by Crippen LogP contribution is 2.27. The number of nitrogens with zero attached hydrogens (tertiary/aromatic N) is 2. The highest BCUT2D eigenvalue weighted by molar-refractivity contribution is 5.93. The molecule has 0 atom stereocenters. The Hall–Kier alpha value is -3.26. The van der Waals surface area contributed by atoms with Gasteiger partial charge in [-0.3, -0.25) is 14.5 Å². The van der Waals surface area contributed by atoms with Crippen LogP contribution in [-0.4, -0.2) is 52.4 Å². The highest BCUT2D eigenvalue weighted by Gasteiger charge is 2.30. The number of H-pyrrole nitrogens is 1. The van der Waals surface area contributed by atoms with Crippen molar-refractivity contribution in [1.82, 2.24) is 20.2 Å². The maximum absolute atomic E-state index is 13.3. The molecule has 1 aliphatic carbocycles. The first-order chi connectivity index (χ1) is 15.9. The van der Waals surface area contributed by atoms with Gasteiger partial charge in [0, 0.05) is 37.7 Å². The van der Waals surface area contributed by atoms with Gasteiger partial charge in [0.15, 0.2) is 0 Å². The second kappa shape index (κ2) is 10.1. The Morgan fingerprint density at radius 2 is 1.97 bits per heavy atom. The van der Waals surface area contributed by atoms with Gasteiger partial charge in [0.25, 0.3) is 0 Å². The number of fused-ring (bicyclic) bond motifs is 1. The predicted molar refractivity (Wildman–Crippen MR) is 127 cm³/mol. The molecule has 1 aliphatic rings. The molecule has 1 aromatic heterocycles. The lowest BCUT2D eigenvalue weighted by atomic mass is 10.1. The summed E-state index contributed by atoms with van der Waals surface area (Å²) in [7, 11) is 0. The van der Waals surface area contributed by atoms with Crippen LogP contribution in [0.25, 0.3) is 11.0 Å². The first-order valence-corrected chi connectivity index (χ1v) is 11.4. The van der Waals surface area contributed by atoms with Crippen molar-refractivity contribution in [2.24, 2.45) is 0 Å². The zero-order valence-corrected chi connectivity index (χ0v) is 19.1. The van der Waals surface area contributed by atoms with Gasteiger partial charge in [0.05, 0.1) is 17.6 Å². The molecule has 3 N–H and O–H groups in total. The normalized spacial score (nSPS) is 13.5. The van der Waals surface area contributed by atoms with E-state index in [9.17, 15) is 14.0 Å². The molecule has 7 nitrogen and oxygen atoms in total. The fourth-order valence-corrected chi connectivity index (χ4v) is 3.88. The molecule has 8 heteroatoms. The number of carbonyl (C=O) groups is 2. The Labute approximate surface area is 192 Å². The number of benzene rings is 2. The van der Waals surface area contributed by atoms with Crippen LogP contribution >= 0.6 is 0 Å². The van der Waals surface area contributed by atoms with Gasteiger partial charge in [-0.1, -0.05) is 12.1 Å². The number of aromatic nitrogens is 2. The number of carbonyl (C=O) groups excluding carboxylic acids is 2. The van der Waals surface area contributed by atoms with E-state index in [0.717, 1.165) is 29.7 Å². The van der Waals surface area contributed by atoms with Gasteiger partial charge in [0.1, 0.15) is 11.6 Å². The molecule has 3 aromatic rings. The summed E-state index contributed by atoms with van der Waals surface area (Å²) < 4.78 is 13.3. The standard InChI is InChI=1S/C25H30FN5O2/c1-16-3-4-17(2)21(13-16)30-25(33)15-31(19-6-7-19)12-10-24(32)27-11-9-23-28-20-8-5-18(26)14-22(20)29-23/h3-5,8,13-14,19H,6-7,9-12,15H2,1-2H3,(H,27,32)(H,28,29)(H,30,33). The Morgan fingerprint density at radius 1 is 1.15 bits per heavy atom. The van der Waals surface area contributed by atoms with Gasteiger partial charge >= 0.3 is 0 Å². The van der Waals surface area contributed by atoms with Crippen molar-refractivity contribution in [2.75, 3.05) is 25.0 Å². The number of nitrogens with one attached hydrogen (secondary N) is 3. The number of anilines is 1. The van der Waals surface area contributed by atoms with E-state index in [0.29, 0.717) is 48.8 Å². The van der Waals surface area contributed by atoms with Crippen molar-refractivity contribution in [2.45, 2.75) is 45.6 Å². The third-order valence-electron chi connectivity index (χ3n) is 5.88. The van der Waals surface area contributed by atoms with Crippen molar-refractivity contribution in [1.29, 1.82) is 0 Å². The topological polar surface area (TPSA) is 90.1 Å². The number of hydrogen-bond donors (Lipinski definition) is 3. The number of aromatic amines is 1. The zero-order chi connectivity index (χ0) is 23.4. The molecule has 33 heavy (non-hydrogen) atoms. The van der Waals surface area contributed by atoms with Gasteiger partial charge in [-0.05, 0) is 62.1 Å². The van der Waals surface area contributed by atoms with Gasteiger partial charge in [-0.25, -0.2) is 9.37 Å². The lowest BCUT2D eigenvalue weighted by Gasteiger charge is -2.21. The monoisotopic (exact) mass is 451 g/mol. The third-order valence-corrected chi connectivity index (χ3v) is 5.88. The maximum Gasteiger partial charge on any atom is 0.238 e. The predicted octanol–water partition coefficient (Wildman–Crippen LogP) is 3.47. The Bertz CT molecular complexity index is 1150. The van der Waals surface area contributed by atoms with Crippen molar-refractivity contribution in [3.8, 4) is 0 Å². The van der Waals surface area contributed by atoms with Crippen molar-refractivity contribution >= 4 is 28.5 Å². The summed E-state index contributed by atoms with van der Waals surface area (Å²) in [5.41, 5.74) is 4.32. The number of aryl methyl sites for hydroxylation is 2. The van der Waals surface area contributed by atoms with E-state index in [1.807, 2.05) is 32.0 Å². The Morgan fingerprint density at radius 3 is 2.76 bits per heavy atom. The number of hydrogen-bond acceptors (Lipinski definition) is 4. The second-order valence-corrected chi connectivity index (χ2v) is 8.76. The molecule has 0 aliphatic heterocycles. The minimum Gasteiger partial charge on any atom is -0.356 e. The average Bonchev–Trinajstić information content (AvgIpc) is 3.54. The van der Waals surface area contributed by atoms with Crippen LogP contribution in [0.5, 0.6) is 0 Å². The molecular formula is C25H30FN5O2. The van der Waals surface area contributed by atoms with Crippen molar-refractivity contribution < 1.29 is 14.0 Å². The van der Waals surface area contributed by atoms with E-state index < -0.39 is 0 Å². The number of rotatable bonds is 10. The lowest BCUT2D eigenvalue weighted by Crippen LogP contribution is -2.38. The summed E-state index contributed by atoms with van der Waals surface area (Å²) >= 11 is 0. The number of halogens is 1. The molecule has 4 rings (SSSR count). The van der Waals surface area contributed by atoms with E-state index >= 15 is 0 Å². The molecule has 1 heterocycles. The zero-order valence-electron chi connectivity index (χ0n) is 19.1. The summed E-state index contributed by atoms with van der Waals surface area (Å²) in [6.45, 7) is 5.24. The molecule has 0 unspecified atom stereocenters. The lowest BCUT2D eigenvalue weighted by molar-refractivity contribution is -0.122. The summed E-state index contributed by atoms with van der Waals surface area (Å²) in [5.74, 6) is 0.280. The Kier molecular flexibility index (Phi) is 7.03. The molecule has 0 saturated heterocycles. The number of amides is 2. The number of imidazole rings is 1. The molecular weight excluding hydrogens is 421 g/mol. The van der Waals surface area contributed by atoms with Gasteiger partial charge < -0.3 is 15.6 Å². The summed E-state index contributed by atoms with van der Waals surface area (Å²) in [5, 5.41) is 5.91. The first kappa shape index (κ1) is 22.9. The van der Waals surface area contributed by atoms with E-state index in [1.54, 1.807) is 6.07 Å².